The van der Waals surface area contributed by atoms with E-state index in [9.17, 15) is 18.0 Å². The van der Waals surface area contributed by atoms with E-state index in [0.717, 1.165) is 12.1 Å². The second-order valence-electron chi connectivity index (χ2n) is 5.12. The Bertz CT molecular complexity index is 724. The van der Waals surface area contributed by atoms with E-state index in [1.165, 1.54) is 24.5 Å². The Morgan fingerprint density at radius 3 is 2.57 bits per heavy atom. The van der Waals surface area contributed by atoms with Crippen LogP contribution in [-0.4, -0.2) is 49.3 Å². The Labute approximate surface area is 134 Å². The fourth-order valence-electron chi connectivity index (χ4n) is 2.44. The van der Waals surface area contributed by atoms with Crippen molar-refractivity contribution in [1.82, 2.24) is 9.88 Å². The van der Waals surface area contributed by atoms with Crippen molar-refractivity contribution in [3.05, 3.63) is 23.8 Å². The van der Waals surface area contributed by atoms with Crippen LogP contribution in [-0.2, 0) is 10.9 Å². The zero-order valence-corrected chi connectivity index (χ0v) is 13.1. The van der Waals surface area contributed by atoms with Crippen LogP contribution in [0.5, 0.6) is 0 Å². The highest BCUT2D eigenvalue weighted by Gasteiger charge is 2.31. The van der Waals surface area contributed by atoms with Gasteiger partial charge in [-0.3, -0.25) is 0 Å². The van der Waals surface area contributed by atoms with Crippen molar-refractivity contribution in [1.29, 1.82) is 0 Å². The fourth-order valence-corrected chi connectivity index (χ4v) is 3.43. The first-order chi connectivity index (χ1) is 10.9. The number of fused-ring (bicyclic) bond motifs is 1. The molecule has 1 aromatic carbocycles. The van der Waals surface area contributed by atoms with Gasteiger partial charge in [-0.25, -0.2) is 9.78 Å². The molecule has 3 rings (SSSR count). The van der Waals surface area contributed by atoms with Gasteiger partial charge in [-0.05, 0) is 18.2 Å². The summed E-state index contributed by atoms with van der Waals surface area (Å²) in [6.07, 6.45) is -4.74. The molecule has 1 aromatic heterocycles. The van der Waals surface area contributed by atoms with E-state index >= 15 is 0 Å². The number of rotatable bonds is 1. The molecule has 0 aliphatic carbocycles. The number of thiazole rings is 1. The number of carbonyl (C=O) groups is 1. The SMILES string of the molecule is COC(=O)N1CCN(c2nc3cc(C(F)(F)F)ccc3s2)CC1. The molecule has 0 spiro atoms. The van der Waals surface area contributed by atoms with Gasteiger partial charge >= 0.3 is 12.3 Å². The summed E-state index contributed by atoms with van der Waals surface area (Å²) < 4.78 is 43.6. The van der Waals surface area contributed by atoms with Crippen molar-refractivity contribution >= 4 is 32.8 Å². The number of hydrogen-bond acceptors (Lipinski definition) is 5. The van der Waals surface area contributed by atoms with Crippen molar-refractivity contribution in [3.63, 3.8) is 0 Å². The molecule has 1 aliphatic heterocycles. The van der Waals surface area contributed by atoms with E-state index in [2.05, 4.69) is 9.72 Å². The minimum Gasteiger partial charge on any atom is -0.453 e. The number of hydrogen-bond donors (Lipinski definition) is 0. The van der Waals surface area contributed by atoms with Crippen molar-refractivity contribution in [2.45, 2.75) is 6.18 Å². The highest BCUT2D eigenvalue weighted by Crippen LogP contribution is 2.35. The van der Waals surface area contributed by atoms with Crippen LogP contribution < -0.4 is 4.90 Å². The summed E-state index contributed by atoms with van der Waals surface area (Å²) in [5, 5.41) is 0.670. The molecule has 2 heterocycles. The van der Waals surface area contributed by atoms with E-state index in [1.54, 1.807) is 4.90 Å². The lowest BCUT2D eigenvalue weighted by molar-refractivity contribution is -0.137. The molecular formula is C14H14F3N3O2S. The van der Waals surface area contributed by atoms with Crippen LogP contribution >= 0.6 is 11.3 Å². The average Bonchev–Trinajstić information content (AvgIpc) is 2.96. The van der Waals surface area contributed by atoms with Crippen LogP contribution in [0.4, 0.5) is 23.1 Å². The van der Waals surface area contributed by atoms with Gasteiger partial charge in [-0.2, -0.15) is 13.2 Å². The molecule has 1 fully saturated rings. The summed E-state index contributed by atoms with van der Waals surface area (Å²) in [5.41, 5.74) is -0.354. The number of aromatic nitrogens is 1. The Morgan fingerprint density at radius 2 is 1.96 bits per heavy atom. The number of benzene rings is 1. The second-order valence-corrected chi connectivity index (χ2v) is 6.13. The number of halogens is 3. The summed E-state index contributed by atoms with van der Waals surface area (Å²) in [6.45, 7) is 2.13. The lowest BCUT2D eigenvalue weighted by atomic mass is 10.2. The normalized spacial score (nSPS) is 16.0. The first-order valence-electron chi connectivity index (χ1n) is 6.94. The predicted octanol–water partition coefficient (Wildman–Crippen LogP) is 3.20. The molecule has 0 N–H and O–H groups in total. The van der Waals surface area contributed by atoms with Gasteiger partial charge in [-0.15, -0.1) is 0 Å². The molecule has 0 atom stereocenters. The monoisotopic (exact) mass is 345 g/mol. The van der Waals surface area contributed by atoms with Crippen LogP contribution in [0.1, 0.15) is 5.56 Å². The Kier molecular flexibility index (Phi) is 4.05. The predicted molar refractivity (Wildman–Crippen MR) is 80.8 cm³/mol. The highest BCUT2D eigenvalue weighted by molar-refractivity contribution is 7.22. The number of carbonyl (C=O) groups excluding carboxylic acids is 1. The number of amides is 1. The quantitative estimate of drug-likeness (QED) is 0.796. The van der Waals surface area contributed by atoms with E-state index in [1.807, 2.05) is 4.90 Å². The van der Waals surface area contributed by atoms with E-state index < -0.39 is 11.7 Å². The van der Waals surface area contributed by atoms with E-state index in [-0.39, 0.29) is 6.09 Å². The van der Waals surface area contributed by atoms with Crippen LogP contribution in [0.25, 0.3) is 10.2 Å². The molecule has 5 nitrogen and oxygen atoms in total. The summed E-state index contributed by atoms with van der Waals surface area (Å²) in [6, 6.07) is 3.59. The number of piperazine rings is 1. The molecule has 0 unspecified atom stereocenters. The maximum absolute atomic E-state index is 12.7. The first-order valence-corrected chi connectivity index (χ1v) is 7.76. The van der Waals surface area contributed by atoms with Crippen molar-refractivity contribution < 1.29 is 22.7 Å². The molecule has 1 saturated heterocycles. The van der Waals surface area contributed by atoms with Gasteiger partial charge in [-0.1, -0.05) is 11.3 Å². The number of anilines is 1. The Morgan fingerprint density at radius 1 is 1.26 bits per heavy atom. The van der Waals surface area contributed by atoms with Crippen LogP contribution in [0.3, 0.4) is 0 Å². The molecule has 0 saturated carbocycles. The van der Waals surface area contributed by atoms with Gasteiger partial charge in [0.25, 0.3) is 0 Å². The second kappa shape index (κ2) is 5.88. The van der Waals surface area contributed by atoms with Gasteiger partial charge in [0.2, 0.25) is 0 Å². The van der Waals surface area contributed by atoms with Crippen LogP contribution in [0.15, 0.2) is 18.2 Å². The number of alkyl halides is 3. The molecule has 0 bridgehead atoms. The average molecular weight is 345 g/mol. The highest BCUT2D eigenvalue weighted by atomic mass is 32.1. The van der Waals surface area contributed by atoms with Crippen LogP contribution in [0, 0.1) is 0 Å². The maximum atomic E-state index is 12.7. The third kappa shape index (κ3) is 3.19. The maximum Gasteiger partial charge on any atom is 0.416 e. The fraction of sp³-hybridized carbons (Fsp3) is 0.429. The van der Waals surface area contributed by atoms with Gasteiger partial charge < -0.3 is 14.5 Å². The molecule has 124 valence electrons. The van der Waals surface area contributed by atoms with Crippen molar-refractivity contribution in [3.8, 4) is 0 Å². The third-order valence-corrected chi connectivity index (χ3v) is 4.78. The van der Waals surface area contributed by atoms with Gasteiger partial charge in [0.15, 0.2) is 5.13 Å². The van der Waals surface area contributed by atoms with E-state index in [0.29, 0.717) is 41.5 Å². The number of methoxy groups -OCH3 is 1. The number of nitrogens with zero attached hydrogens (tertiary/aromatic N) is 3. The zero-order valence-electron chi connectivity index (χ0n) is 12.3. The lowest BCUT2D eigenvalue weighted by Crippen LogP contribution is -2.48. The lowest BCUT2D eigenvalue weighted by Gasteiger charge is -2.33. The topological polar surface area (TPSA) is 45.7 Å². The summed E-state index contributed by atoms with van der Waals surface area (Å²) in [5.74, 6) is 0. The molecule has 0 radical (unpaired) electrons. The minimum absolute atomic E-state index is 0.343. The molecular weight excluding hydrogens is 331 g/mol. The third-order valence-electron chi connectivity index (χ3n) is 3.69. The standard InChI is InChI=1S/C14H14F3N3O2S/c1-22-13(21)20-6-4-19(5-7-20)12-18-10-8-9(14(15,16)17)2-3-11(10)23-12/h2-3,8H,4-7H2,1H3. The van der Waals surface area contributed by atoms with Crippen molar-refractivity contribution in [2.75, 3.05) is 38.2 Å². The summed E-state index contributed by atoms with van der Waals surface area (Å²) in [7, 11) is 1.33. The molecule has 1 aliphatic rings. The molecule has 9 heteroatoms. The largest absolute Gasteiger partial charge is 0.453 e. The van der Waals surface area contributed by atoms with Crippen LogP contribution in [0.2, 0.25) is 0 Å². The van der Waals surface area contributed by atoms with Gasteiger partial charge in [0.1, 0.15) is 0 Å². The minimum atomic E-state index is -4.37. The van der Waals surface area contributed by atoms with Gasteiger partial charge in [0.05, 0.1) is 22.9 Å². The van der Waals surface area contributed by atoms with E-state index in [4.69, 9.17) is 0 Å². The molecule has 2 aromatic rings. The smallest absolute Gasteiger partial charge is 0.416 e. The Balaban J connectivity index is 1.78. The molecule has 1 amide bonds. The molecule has 23 heavy (non-hydrogen) atoms. The Hall–Kier alpha value is -2.03. The first kappa shape index (κ1) is 15.9. The van der Waals surface area contributed by atoms with Crippen molar-refractivity contribution in [2.24, 2.45) is 0 Å². The van der Waals surface area contributed by atoms with Gasteiger partial charge in [0, 0.05) is 26.2 Å². The number of ether oxygens (including phenoxy) is 1. The summed E-state index contributed by atoms with van der Waals surface area (Å²) in [4.78, 5) is 19.3. The zero-order chi connectivity index (χ0) is 16.6. The summed E-state index contributed by atoms with van der Waals surface area (Å²) >= 11 is 1.35.